The molecule has 0 heterocycles. The van der Waals surface area contributed by atoms with E-state index in [0.29, 0.717) is 32.8 Å². The summed E-state index contributed by atoms with van der Waals surface area (Å²) in [4.78, 5) is 11.4. The number of ether oxygens (including phenoxy) is 3. The molecule has 0 aromatic carbocycles. The number of methoxy groups -OCH3 is 1. The summed E-state index contributed by atoms with van der Waals surface area (Å²) >= 11 is 0. The summed E-state index contributed by atoms with van der Waals surface area (Å²) < 4.78 is 15.3. The van der Waals surface area contributed by atoms with Crippen LogP contribution in [0.2, 0.25) is 0 Å². The van der Waals surface area contributed by atoms with Crippen LogP contribution in [0.4, 0.5) is 4.79 Å². The van der Waals surface area contributed by atoms with E-state index < -0.39 is 11.7 Å². The normalized spacial score (nSPS) is 13.1. The summed E-state index contributed by atoms with van der Waals surface area (Å²) in [6.07, 6.45) is 0.210. The quantitative estimate of drug-likeness (QED) is 0.619. The number of rotatable bonds is 9. The van der Waals surface area contributed by atoms with Crippen molar-refractivity contribution in [3.8, 4) is 0 Å². The maximum absolute atomic E-state index is 11.4. The average molecular weight is 277 g/mol. The van der Waals surface area contributed by atoms with Gasteiger partial charge in [0.2, 0.25) is 0 Å². The number of carbonyl (C=O) groups is 1. The summed E-state index contributed by atoms with van der Waals surface area (Å²) in [6.45, 7) is 7.42. The Kier molecular flexibility index (Phi) is 9.55. The number of alkyl carbamates (subject to hydrolysis) is 1. The van der Waals surface area contributed by atoms with E-state index in [4.69, 9.17) is 14.2 Å². The van der Waals surface area contributed by atoms with Gasteiger partial charge in [-0.2, -0.15) is 0 Å². The molecular formula is C13H27NO5. The van der Waals surface area contributed by atoms with Crippen LogP contribution in [0, 0.1) is 5.92 Å². The summed E-state index contributed by atoms with van der Waals surface area (Å²) in [7, 11) is 1.62. The van der Waals surface area contributed by atoms with Crippen molar-refractivity contribution in [3.05, 3.63) is 0 Å². The predicted molar refractivity (Wildman–Crippen MR) is 72.1 cm³/mol. The molecule has 0 saturated heterocycles. The van der Waals surface area contributed by atoms with Gasteiger partial charge < -0.3 is 24.6 Å². The molecular weight excluding hydrogens is 250 g/mol. The second kappa shape index (κ2) is 10.00. The van der Waals surface area contributed by atoms with E-state index in [1.807, 2.05) is 0 Å². The topological polar surface area (TPSA) is 77.0 Å². The Bertz CT molecular complexity index is 240. The molecule has 0 aromatic heterocycles. The lowest BCUT2D eigenvalue weighted by molar-refractivity contribution is 0.0471. The zero-order chi connectivity index (χ0) is 14.7. The summed E-state index contributed by atoms with van der Waals surface area (Å²) in [5.74, 6) is -0.0323. The first-order valence-corrected chi connectivity index (χ1v) is 6.53. The van der Waals surface area contributed by atoms with Crippen molar-refractivity contribution < 1.29 is 24.1 Å². The van der Waals surface area contributed by atoms with Crippen molar-refractivity contribution in [1.29, 1.82) is 0 Å². The number of hydrogen-bond donors (Lipinski definition) is 2. The zero-order valence-corrected chi connectivity index (χ0v) is 12.4. The van der Waals surface area contributed by atoms with E-state index in [-0.39, 0.29) is 12.5 Å². The van der Waals surface area contributed by atoms with Crippen LogP contribution in [0.1, 0.15) is 27.2 Å². The molecule has 1 amide bonds. The highest BCUT2D eigenvalue weighted by molar-refractivity contribution is 5.67. The van der Waals surface area contributed by atoms with E-state index in [1.54, 1.807) is 27.9 Å². The Labute approximate surface area is 115 Å². The van der Waals surface area contributed by atoms with Gasteiger partial charge in [-0.05, 0) is 27.2 Å². The van der Waals surface area contributed by atoms with Crippen molar-refractivity contribution in [2.45, 2.75) is 32.8 Å². The Morgan fingerprint density at radius 2 is 1.95 bits per heavy atom. The van der Waals surface area contributed by atoms with Gasteiger partial charge in [0.15, 0.2) is 0 Å². The van der Waals surface area contributed by atoms with Gasteiger partial charge in [-0.15, -0.1) is 0 Å². The molecule has 1 atom stereocenters. The average Bonchev–Trinajstić information content (AvgIpc) is 2.30. The molecule has 0 fully saturated rings. The zero-order valence-electron chi connectivity index (χ0n) is 12.4. The van der Waals surface area contributed by atoms with Crippen LogP contribution in [-0.2, 0) is 14.2 Å². The molecule has 19 heavy (non-hydrogen) atoms. The molecule has 2 N–H and O–H groups in total. The van der Waals surface area contributed by atoms with E-state index in [9.17, 15) is 9.90 Å². The summed E-state index contributed by atoms with van der Waals surface area (Å²) in [5.41, 5.74) is -0.512. The fourth-order valence-electron chi connectivity index (χ4n) is 1.29. The Hall–Kier alpha value is -0.850. The third kappa shape index (κ3) is 11.9. The first kappa shape index (κ1) is 18.1. The molecule has 0 saturated carbocycles. The van der Waals surface area contributed by atoms with E-state index in [2.05, 4.69) is 5.32 Å². The van der Waals surface area contributed by atoms with E-state index in [1.165, 1.54) is 0 Å². The van der Waals surface area contributed by atoms with Crippen LogP contribution < -0.4 is 5.32 Å². The van der Waals surface area contributed by atoms with Crippen molar-refractivity contribution in [3.63, 3.8) is 0 Å². The summed E-state index contributed by atoms with van der Waals surface area (Å²) in [6, 6.07) is 0. The maximum Gasteiger partial charge on any atom is 0.407 e. The van der Waals surface area contributed by atoms with Crippen LogP contribution in [-0.4, -0.2) is 56.9 Å². The highest BCUT2D eigenvalue weighted by Crippen LogP contribution is 2.07. The van der Waals surface area contributed by atoms with Crippen LogP contribution in [0.5, 0.6) is 0 Å². The molecule has 0 aromatic rings. The van der Waals surface area contributed by atoms with Crippen molar-refractivity contribution >= 4 is 6.09 Å². The number of nitrogens with one attached hydrogen (secondary N) is 1. The number of aliphatic hydroxyl groups excluding tert-OH is 1. The highest BCUT2D eigenvalue weighted by Gasteiger charge is 2.17. The van der Waals surface area contributed by atoms with Gasteiger partial charge in [-0.3, -0.25) is 0 Å². The van der Waals surface area contributed by atoms with Crippen molar-refractivity contribution in [2.75, 3.05) is 40.1 Å². The molecule has 0 bridgehead atoms. The van der Waals surface area contributed by atoms with Gasteiger partial charge in [0, 0.05) is 32.8 Å². The van der Waals surface area contributed by atoms with Gasteiger partial charge in [-0.1, -0.05) is 0 Å². The molecule has 0 aliphatic rings. The second-order valence-corrected chi connectivity index (χ2v) is 5.33. The van der Waals surface area contributed by atoms with Crippen LogP contribution >= 0.6 is 0 Å². The van der Waals surface area contributed by atoms with Crippen molar-refractivity contribution in [2.24, 2.45) is 5.92 Å². The van der Waals surface area contributed by atoms with Crippen LogP contribution in [0.15, 0.2) is 0 Å². The Morgan fingerprint density at radius 1 is 1.26 bits per heavy atom. The van der Waals surface area contributed by atoms with Gasteiger partial charge >= 0.3 is 6.09 Å². The van der Waals surface area contributed by atoms with E-state index in [0.717, 1.165) is 0 Å². The highest BCUT2D eigenvalue weighted by atomic mass is 16.6. The fraction of sp³-hybridized carbons (Fsp3) is 0.923. The second-order valence-electron chi connectivity index (χ2n) is 5.33. The smallest absolute Gasteiger partial charge is 0.407 e. The number of aliphatic hydroxyl groups is 1. The molecule has 0 aliphatic carbocycles. The van der Waals surface area contributed by atoms with Crippen LogP contribution in [0.25, 0.3) is 0 Å². The lowest BCUT2D eigenvalue weighted by atomic mass is 10.1. The SMILES string of the molecule is COCCOCCC(CO)CNC(=O)OC(C)(C)C. The largest absolute Gasteiger partial charge is 0.444 e. The molecule has 0 aliphatic heterocycles. The molecule has 1 unspecified atom stereocenters. The third-order valence-electron chi connectivity index (χ3n) is 2.29. The summed E-state index contributed by atoms with van der Waals surface area (Å²) in [5, 5.41) is 11.8. The minimum atomic E-state index is -0.512. The lowest BCUT2D eigenvalue weighted by Gasteiger charge is -2.21. The molecule has 6 heteroatoms. The first-order chi connectivity index (χ1) is 8.89. The van der Waals surface area contributed by atoms with Crippen molar-refractivity contribution in [1.82, 2.24) is 5.32 Å². The monoisotopic (exact) mass is 277 g/mol. The van der Waals surface area contributed by atoms with Gasteiger partial charge in [0.05, 0.1) is 13.2 Å². The number of amides is 1. The molecule has 0 radical (unpaired) electrons. The van der Waals surface area contributed by atoms with E-state index >= 15 is 0 Å². The van der Waals surface area contributed by atoms with Gasteiger partial charge in [-0.25, -0.2) is 4.79 Å². The number of carbonyl (C=O) groups excluding carboxylic acids is 1. The minimum absolute atomic E-state index is 0.00341. The maximum atomic E-state index is 11.4. The third-order valence-corrected chi connectivity index (χ3v) is 2.29. The van der Waals surface area contributed by atoms with Gasteiger partial charge in [0.25, 0.3) is 0 Å². The molecule has 0 rings (SSSR count). The lowest BCUT2D eigenvalue weighted by Crippen LogP contribution is -2.36. The molecule has 0 spiro atoms. The first-order valence-electron chi connectivity index (χ1n) is 6.53. The Morgan fingerprint density at radius 3 is 2.47 bits per heavy atom. The molecule has 114 valence electrons. The standard InChI is InChI=1S/C13H27NO5/c1-13(2,3)19-12(16)14-9-11(10-15)5-6-18-8-7-17-4/h11,15H,5-10H2,1-4H3,(H,14,16). The number of hydrogen-bond acceptors (Lipinski definition) is 5. The molecule has 6 nitrogen and oxygen atoms in total. The Balaban J connectivity index is 3.72. The van der Waals surface area contributed by atoms with Gasteiger partial charge in [0.1, 0.15) is 5.60 Å². The minimum Gasteiger partial charge on any atom is -0.444 e. The predicted octanol–water partition coefficient (Wildman–Crippen LogP) is 1.17. The fourth-order valence-corrected chi connectivity index (χ4v) is 1.29. The van der Waals surface area contributed by atoms with Crippen LogP contribution in [0.3, 0.4) is 0 Å².